The maximum Gasteiger partial charge on any atom is 0.147 e. The molecule has 0 radical (unpaired) electrons. The summed E-state index contributed by atoms with van der Waals surface area (Å²) in [5.41, 5.74) is 3.65. The molecule has 0 aliphatic heterocycles. The van der Waals surface area contributed by atoms with Crippen LogP contribution in [-0.4, -0.2) is 10.1 Å². The highest BCUT2D eigenvalue weighted by atomic mass is 35.5. The van der Waals surface area contributed by atoms with Crippen molar-refractivity contribution in [3.8, 4) is 5.75 Å². The van der Waals surface area contributed by atoms with Crippen molar-refractivity contribution >= 4 is 51.4 Å². The summed E-state index contributed by atoms with van der Waals surface area (Å²) in [6, 6.07) is 20.4. The highest BCUT2D eigenvalue weighted by Gasteiger charge is 2.21. The molecule has 3 nitrogen and oxygen atoms in total. The molecule has 6 heteroatoms. The maximum atomic E-state index is 11.1. The third-order valence-corrected chi connectivity index (χ3v) is 5.79. The molecule has 0 saturated carbocycles. The summed E-state index contributed by atoms with van der Waals surface area (Å²) < 4.78 is 0. The molecule has 0 spiro atoms. The number of rotatable bonds is 4. The van der Waals surface area contributed by atoms with E-state index in [0.717, 1.165) is 16.6 Å². The van der Waals surface area contributed by atoms with E-state index in [4.69, 9.17) is 34.8 Å². The molecule has 1 aromatic heterocycles. The molecule has 1 unspecified atom stereocenters. The molecular weight excluding hydrogens is 427 g/mol. The van der Waals surface area contributed by atoms with Crippen molar-refractivity contribution in [1.29, 1.82) is 0 Å². The third kappa shape index (κ3) is 3.99. The number of aromatic hydroxyl groups is 1. The minimum absolute atomic E-state index is 0.128. The molecular formula is C23H17Cl3N2O. The number of pyridine rings is 1. The van der Waals surface area contributed by atoms with Crippen LogP contribution in [0.15, 0.2) is 66.7 Å². The number of halogens is 3. The van der Waals surface area contributed by atoms with E-state index in [-0.39, 0.29) is 11.8 Å². The van der Waals surface area contributed by atoms with Crippen LogP contribution in [0.1, 0.15) is 22.9 Å². The zero-order chi connectivity index (χ0) is 20.5. The predicted molar refractivity (Wildman–Crippen MR) is 122 cm³/mol. The molecule has 0 aliphatic rings. The van der Waals surface area contributed by atoms with Crippen LogP contribution in [0, 0.1) is 6.92 Å². The first kappa shape index (κ1) is 19.8. The van der Waals surface area contributed by atoms with Crippen LogP contribution in [0.2, 0.25) is 15.1 Å². The molecule has 29 heavy (non-hydrogen) atoms. The standard InChI is InChI=1S/C23H17Cl3N2O/c1-13-7-8-15-9-10-16(23(29)22(15)27-13)21(14-5-3-2-4-6-14)28-20-12-18(25)17(24)11-19(20)26/h2-12,21,28-29H,1H3. The summed E-state index contributed by atoms with van der Waals surface area (Å²) in [5, 5.41) is 16.6. The Bertz CT molecular complexity index is 1200. The Morgan fingerprint density at radius 3 is 2.31 bits per heavy atom. The summed E-state index contributed by atoms with van der Waals surface area (Å²) in [4.78, 5) is 4.52. The van der Waals surface area contributed by atoms with Gasteiger partial charge in [0.2, 0.25) is 0 Å². The first-order chi connectivity index (χ1) is 13.9. The number of anilines is 1. The number of fused-ring (bicyclic) bond motifs is 1. The number of aromatic nitrogens is 1. The van der Waals surface area contributed by atoms with Gasteiger partial charge in [0.1, 0.15) is 11.3 Å². The second-order valence-electron chi connectivity index (χ2n) is 6.76. The fraction of sp³-hybridized carbons (Fsp3) is 0.0870. The van der Waals surface area contributed by atoms with E-state index in [2.05, 4.69) is 10.3 Å². The zero-order valence-electron chi connectivity index (χ0n) is 15.5. The normalized spacial score (nSPS) is 12.1. The van der Waals surface area contributed by atoms with Crippen LogP contribution >= 0.6 is 34.8 Å². The molecule has 4 aromatic rings. The van der Waals surface area contributed by atoms with Crippen LogP contribution in [0.3, 0.4) is 0 Å². The SMILES string of the molecule is Cc1ccc2ccc(C(Nc3cc(Cl)c(Cl)cc3Cl)c3ccccc3)c(O)c2n1. The molecule has 0 saturated heterocycles. The van der Waals surface area contributed by atoms with Crippen molar-refractivity contribution < 1.29 is 5.11 Å². The fourth-order valence-electron chi connectivity index (χ4n) is 3.29. The van der Waals surface area contributed by atoms with Gasteiger partial charge in [0.25, 0.3) is 0 Å². The summed E-state index contributed by atoms with van der Waals surface area (Å²) in [7, 11) is 0. The second kappa shape index (κ2) is 8.11. The van der Waals surface area contributed by atoms with Crippen molar-refractivity contribution in [1.82, 2.24) is 4.98 Å². The Hall–Kier alpha value is -2.46. The number of nitrogens with one attached hydrogen (secondary N) is 1. The maximum absolute atomic E-state index is 11.1. The van der Waals surface area contributed by atoms with Crippen LogP contribution in [-0.2, 0) is 0 Å². The monoisotopic (exact) mass is 442 g/mol. The topological polar surface area (TPSA) is 45.1 Å². The number of hydrogen-bond donors (Lipinski definition) is 2. The van der Waals surface area contributed by atoms with Crippen molar-refractivity contribution in [3.63, 3.8) is 0 Å². The number of phenols is 1. The lowest BCUT2D eigenvalue weighted by molar-refractivity contribution is 0.471. The first-order valence-electron chi connectivity index (χ1n) is 8.99. The van der Waals surface area contributed by atoms with Gasteiger partial charge in [-0.3, -0.25) is 0 Å². The van der Waals surface area contributed by atoms with E-state index in [1.165, 1.54) is 0 Å². The Morgan fingerprint density at radius 2 is 1.55 bits per heavy atom. The quantitative estimate of drug-likeness (QED) is 0.323. The number of phenolic OH excluding ortho intramolecular Hbond substituents is 1. The van der Waals surface area contributed by atoms with Gasteiger partial charge in [0, 0.05) is 16.6 Å². The van der Waals surface area contributed by atoms with Gasteiger partial charge in [-0.2, -0.15) is 0 Å². The Morgan fingerprint density at radius 1 is 0.862 bits per heavy atom. The molecule has 0 bridgehead atoms. The predicted octanol–water partition coefficient (Wildman–Crippen LogP) is 7.41. The minimum Gasteiger partial charge on any atom is -0.505 e. The molecule has 4 rings (SSSR count). The summed E-state index contributed by atoms with van der Waals surface area (Å²) >= 11 is 18.7. The molecule has 2 N–H and O–H groups in total. The molecule has 1 heterocycles. The average molecular weight is 444 g/mol. The first-order valence-corrected chi connectivity index (χ1v) is 10.1. The number of aryl methyl sites for hydroxylation is 1. The third-order valence-electron chi connectivity index (χ3n) is 4.76. The van der Waals surface area contributed by atoms with Crippen LogP contribution in [0.4, 0.5) is 5.69 Å². The van der Waals surface area contributed by atoms with E-state index >= 15 is 0 Å². The van der Waals surface area contributed by atoms with Crippen molar-refractivity contribution in [3.05, 3.63) is 98.6 Å². The largest absolute Gasteiger partial charge is 0.505 e. The van der Waals surface area contributed by atoms with Gasteiger partial charge >= 0.3 is 0 Å². The summed E-state index contributed by atoms with van der Waals surface area (Å²) in [5.74, 6) is 0.128. The summed E-state index contributed by atoms with van der Waals surface area (Å²) in [6.07, 6.45) is 0. The van der Waals surface area contributed by atoms with Crippen LogP contribution in [0.25, 0.3) is 10.9 Å². The van der Waals surface area contributed by atoms with Crippen molar-refractivity contribution in [2.45, 2.75) is 13.0 Å². The van der Waals surface area contributed by atoms with E-state index in [9.17, 15) is 5.11 Å². The van der Waals surface area contributed by atoms with E-state index in [0.29, 0.717) is 31.8 Å². The molecule has 0 fully saturated rings. The van der Waals surface area contributed by atoms with Crippen LogP contribution in [0.5, 0.6) is 5.75 Å². The van der Waals surface area contributed by atoms with Gasteiger partial charge in [-0.25, -0.2) is 4.98 Å². The summed E-state index contributed by atoms with van der Waals surface area (Å²) in [6.45, 7) is 1.90. The fourth-order valence-corrected chi connectivity index (χ4v) is 3.90. The number of benzene rings is 3. The number of nitrogens with zero attached hydrogens (tertiary/aromatic N) is 1. The van der Waals surface area contributed by atoms with E-state index < -0.39 is 0 Å². The van der Waals surface area contributed by atoms with Crippen molar-refractivity contribution in [2.24, 2.45) is 0 Å². The molecule has 3 aromatic carbocycles. The van der Waals surface area contributed by atoms with E-state index in [1.54, 1.807) is 12.1 Å². The highest BCUT2D eigenvalue weighted by Crippen LogP contribution is 2.39. The number of hydrogen-bond acceptors (Lipinski definition) is 3. The smallest absolute Gasteiger partial charge is 0.147 e. The second-order valence-corrected chi connectivity index (χ2v) is 7.98. The minimum atomic E-state index is -0.377. The lowest BCUT2D eigenvalue weighted by Crippen LogP contribution is -2.13. The molecule has 146 valence electrons. The van der Waals surface area contributed by atoms with Gasteiger partial charge in [-0.15, -0.1) is 0 Å². The highest BCUT2D eigenvalue weighted by molar-refractivity contribution is 6.44. The molecule has 1 atom stereocenters. The van der Waals surface area contributed by atoms with Gasteiger partial charge in [0.15, 0.2) is 0 Å². The lowest BCUT2D eigenvalue weighted by Gasteiger charge is -2.23. The van der Waals surface area contributed by atoms with Gasteiger partial charge in [-0.05, 0) is 30.7 Å². The van der Waals surface area contributed by atoms with Crippen molar-refractivity contribution in [2.75, 3.05) is 5.32 Å². The van der Waals surface area contributed by atoms with Crippen LogP contribution < -0.4 is 5.32 Å². The Labute approximate surface area is 183 Å². The zero-order valence-corrected chi connectivity index (χ0v) is 17.7. The molecule has 0 amide bonds. The van der Waals surface area contributed by atoms with E-state index in [1.807, 2.05) is 61.5 Å². The lowest BCUT2D eigenvalue weighted by atomic mass is 9.96. The molecule has 0 aliphatic carbocycles. The van der Waals surface area contributed by atoms with Gasteiger partial charge in [0.05, 0.1) is 26.8 Å². The Balaban J connectivity index is 1.87. The van der Waals surface area contributed by atoms with Gasteiger partial charge < -0.3 is 10.4 Å². The average Bonchev–Trinajstić information content (AvgIpc) is 2.71. The Kier molecular flexibility index (Phi) is 5.55. The van der Waals surface area contributed by atoms with Gasteiger partial charge in [-0.1, -0.05) is 83.3 Å².